The molecule has 0 spiro atoms. The van der Waals surface area contributed by atoms with Gasteiger partial charge in [0.2, 0.25) is 5.82 Å². The maximum absolute atomic E-state index is 12.8. The van der Waals surface area contributed by atoms with Crippen LogP contribution in [0, 0.1) is 0 Å². The first-order chi connectivity index (χ1) is 14.8. The number of alkyl halides is 3. The first-order valence-corrected chi connectivity index (χ1v) is 9.19. The van der Waals surface area contributed by atoms with Crippen LogP contribution in [0.5, 0.6) is 11.5 Å². The second kappa shape index (κ2) is 8.10. The minimum atomic E-state index is -4.75. The van der Waals surface area contributed by atoms with Crippen LogP contribution < -0.4 is 9.47 Å². The van der Waals surface area contributed by atoms with Gasteiger partial charge in [-0.15, -0.1) is 13.2 Å². The molecule has 0 atom stereocenters. The number of halogens is 3. The van der Waals surface area contributed by atoms with Crippen molar-refractivity contribution in [1.29, 1.82) is 0 Å². The molecule has 1 aliphatic heterocycles. The van der Waals surface area contributed by atoms with Gasteiger partial charge in [0.1, 0.15) is 17.3 Å². The highest BCUT2D eigenvalue weighted by Gasteiger charge is 2.31. The molecule has 2 heterocycles. The second-order valence-electron chi connectivity index (χ2n) is 6.77. The van der Waals surface area contributed by atoms with Gasteiger partial charge < -0.3 is 14.4 Å². The summed E-state index contributed by atoms with van der Waals surface area (Å²) in [5, 5.41) is 0. The average molecular weight is 427 g/mol. The lowest BCUT2D eigenvalue weighted by Crippen LogP contribution is -2.32. The van der Waals surface area contributed by atoms with E-state index >= 15 is 0 Å². The molecule has 0 aliphatic carbocycles. The summed E-state index contributed by atoms with van der Waals surface area (Å²) in [4.78, 5) is 22.3. The quantitative estimate of drug-likeness (QED) is 0.612. The van der Waals surface area contributed by atoms with Crippen molar-refractivity contribution in [3.05, 3.63) is 84.7 Å². The molecule has 4 rings (SSSR count). The first-order valence-electron chi connectivity index (χ1n) is 9.19. The third-order valence-electron chi connectivity index (χ3n) is 4.51. The zero-order valence-electron chi connectivity index (χ0n) is 16.1. The molecular formula is C22H16F3N3O3. The monoisotopic (exact) mass is 427 g/mol. The minimum Gasteiger partial charge on any atom is -0.460 e. The fourth-order valence-electron chi connectivity index (χ4n) is 3.19. The van der Waals surface area contributed by atoms with E-state index in [2.05, 4.69) is 21.3 Å². The molecule has 0 saturated carbocycles. The summed E-state index contributed by atoms with van der Waals surface area (Å²) in [6, 6.07) is 12.5. The summed E-state index contributed by atoms with van der Waals surface area (Å²) in [6.45, 7) is 4.26. The van der Waals surface area contributed by atoms with E-state index in [4.69, 9.17) is 4.74 Å². The normalized spacial score (nSPS) is 13.8. The van der Waals surface area contributed by atoms with Crippen molar-refractivity contribution in [1.82, 2.24) is 14.9 Å². The van der Waals surface area contributed by atoms with Gasteiger partial charge in [0, 0.05) is 18.0 Å². The number of carbonyl (C=O) groups is 1. The van der Waals surface area contributed by atoms with Crippen LogP contribution in [0.1, 0.15) is 16.2 Å². The maximum Gasteiger partial charge on any atom is 0.573 e. The number of benzene rings is 2. The standard InChI is InChI=1S/C22H16F3N3O3/c1-14-12-28(21(29)20-26-9-2-10-27-20)13-17-11-16(5-8-19(17)30-14)15-3-6-18(7-4-15)31-22(23,24)25/h2-11H,1,12-13H2. The van der Waals surface area contributed by atoms with Crippen LogP contribution in [0.4, 0.5) is 13.2 Å². The Morgan fingerprint density at radius 3 is 2.39 bits per heavy atom. The molecule has 0 fully saturated rings. The number of aromatic nitrogens is 2. The lowest BCUT2D eigenvalue weighted by Gasteiger charge is -2.19. The van der Waals surface area contributed by atoms with Crippen LogP contribution in [0.2, 0.25) is 0 Å². The van der Waals surface area contributed by atoms with Gasteiger partial charge in [0.15, 0.2) is 0 Å². The van der Waals surface area contributed by atoms with Gasteiger partial charge in [-0.1, -0.05) is 24.8 Å². The topological polar surface area (TPSA) is 64.6 Å². The van der Waals surface area contributed by atoms with Crippen LogP contribution >= 0.6 is 0 Å². The molecule has 0 N–H and O–H groups in total. The van der Waals surface area contributed by atoms with E-state index in [9.17, 15) is 18.0 Å². The Bertz CT molecular complexity index is 1120. The molecule has 1 aliphatic rings. The molecule has 3 aromatic rings. The molecule has 31 heavy (non-hydrogen) atoms. The Morgan fingerprint density at radius 2 is 1.71 bits per heavy atom. The predicted octanol–water partition coefficient (Wildman–Crippen LogP) is 4.59. The van der Waals surface area contributed by atoms with Crippen molar-refractivity contribution in [3.8, 4) is 22.6 Å². The molecule has 0 bridgehead atoms. The summed E-state index contributed by atoms with van der Waals surface area (Å²) in [7, 11) is 0. The molecule has 1 aromatic heterocycles. The van der Waals surface area contributed by atoms with E-state index in [1.807, 2.05) is 6.07 Å². The Morgan fingerprint density at radius 1 is 1.03 bits per heavy atom. The first kappa shape index (κ1) is 20.4. The SMILES string of the molecule is C=C1CN(C(=O)c2ncccn2)Cc2cc(-c3ccc(OC(F)(F)F)cc3)ccc2O1. The van der Waals surface area contributed by atoms with Crippen LogP contribution in [0.15, 0.2) is 73.3 Å². The maximum atomic E-state index is 12.8. The summed E-state index contributed by atoms with van der Waals surface area (Å²) in [5.74, 6) is 0.345. The number of hydrogen-bond donors (Lipinski definition) is 0. The van der Waals surface area contributed by atoms with E-state index in [1.165, 1.54) is 41.6 Å². The lowest BCUT2D eigenvalue weighted by molar-refractivity contribution is -0.274. The third kappa shape index (κ3) is 4.82. The summed E-state index contributed by atoms with van der Waals surface area (Å²) < 4.78 is 46.8. The van der Waals surface area contributed by atoms with Gasteiger partial charge in [-0.2, -0.15) is 0 Å². The highest BCUT2D eigenvalue weighted by molar-refractivity contribution is 5.90. The molecule has 1 amide bonds. The van der Waals surface area contributed by atoms with Gasteiger partial charge in [-0.25, -0.2) is 9.97 Å². The third-order valence-corrected chi connectivity index (χ3v) is 4.51. The summed E-state index contributed by atoms with van der Waals surface area (Å²) in [5.41, 5.74) is 2.15. The van der Waals surface area contributed by atoms with Gasteiger partial charge >= 0.3 is 6.36 Å². The smallest absolute Gasteiger partial charge is 0.460 e. The summed E-state index contributed by atoms with van der Waals surface area (Å²) >= 11 is 0. The number of hydrogen-bond acceptors (Lipinski definition) is 5. The van der Waals surface area contributed by atoms with Gasteiger partial charge in [-0.3, -0.25) is 4.79 Å². The van der Waals surface area contributed by atoms with E-state index in [0.29, 0.717) is 17.1 Å². The Balaban J connectivity index is 1.61. The molecule has 6 nitrogen and oxygen atoms in total. The van der Waals surface area contributed by atoms with Crippen LogP contribution in [0.25, 0.3) is 11.1 Å². The van der Waals surface area contributed by atoms with Crippen LogP contribution in [-0.2, 0) is 6.54 Å². The predicted molar refractivity (Wildman–Crippen MR) is 105 cm³/mol. The van der Waals surface area contributed by atoms with Crippen LogP contribution in [0.3, 0.4) is 0 Å². The number of rotatable bonds is 3. The molecular weight excluding hydrogens is 411 g/mol. The fraction of sp³-hybridized carbons (Fsp3) is 0.136. The number of amides is 1. The molecule has 0 unspecified atom stereocenters. The number of fused-ring (bicyclic) bond motifs is 1. The Hall–Kier alpha value is -3.88. The van der Waals surface area contributed by atoms with Crippen molar-refractivity contribution in [3.63, 3.8) is 0 Å². The number of ether oxygens (including phenoxy) is 2. The van der Waals surface area contributed by atoms with E-state index < -0.39 is 6.36 Å². The van der Waals surface area contributed by atoms with Crippen molar-refractivity contribution >= 4 is 5.91 Å². The molecule has 0 radical (unpaired) electrons. The van der Waals surface area contributed by atoms with Crippen molar-refractivity contribution in [2.24, 2.45) is 0 Å². The van der Waals surface area contributed by atoms with Crippen LogP contribution in [-0.4, -0.2) is 33.7 Å². The largest absolute Gasteiger partial charge is 0.573 e. The lowest BCUT2D eigenvalue weighted by atomic mass is 10.0. The number of nitrogens with zero attached hydrogens (tertiary/aromatic N) is 3. The molecule has 2 aromatic carbocycles. The molecule has 0 saturated heterocycles. The zero-order chi connectivity index (χ0) is 22.0. The average Bonchev–Trinajstić information content (AvgIpc) is 2.90. The van der Waals surface area contributed by atoms with Crippen molar-refractivity contribution in [2.45, 2.75) is 12.9 Å². The Kier molecular flexibility index (Phi) is 5.33. The highest BCUT2D eigenvalue weighted by atomic mass is 19.4. The van der Waals surface area contributed by atoms with E-state index in [-0.39, 0.29) is 30.6 Å². The zero-order valence-corrected chi connectivity index (χ0v) is 16.1. The van der Waals surface area contributed by atoms with E-state index in [1.54, 1.807) is 18.2 Å². The molecule has 158 valence electrons. The number of carbonyl (C=O) groups excluding carboxylic acids is 1. The van der Waals surface area contributed by atoms with Crippen molar-refractivity contribution < 1.29 is 27.4 Å². The van der Waals surface area contributed by atoms with Gasteiger partial charge in [0.25, 0.3) is 5.91 Å². The minimum absolute atomic E-state index is 0.0650. The highest BCUT2D eigenvalue weighted by Crippen LogP contribution is 2.32. The van der Waals surface area contributed by atoms with E-state index in [0.717, 1.165) is 11.1 Å². The van der Waals surface area contributed by atoms with Gasteiger partial charge in [0.05, 0.1) is 13.1 Å². The Labute approximate surface area is 175 Å². The van der Waals surface area contributed by atoms with Crippen molar-refractivity contribution in [2.75, 3.05) is 6.54 Å². The fourth-order valence-corrected chi connectivity index (χ4v) is 3.19. The summed E-state index contributed by atoms with van der Waals surface area (Å²) in [6.07, 6.45) is -1.77. The second-order valence-corrected chi connectivity index (χ2v) is 6.77. The van der Waals surface area contributed by atoms with Gasteiger partial charge in [-0.05, 0) is 41.5 Å². The molecule has 9 heteroatoms.